The number of pyridine rings is 1. The van der Waals surface area contributed by atoms with Crippen LogP contribution in [-0.4, -0.2) is 67.8 Å². The van der Waals surface area contributed by atoms with Crippen LogP contribution in [0.1, 0.15) is 44.6 Å². The molecule has 2 fully saturated rings. The molecule has 0 atom stereocenters. The van der Waals surface area contributed by atoms with Crippen LogP contribution in [-0.2, 0) is 0 Å². The van der Waals surface area contributed by atoms with Gasteiger partial charge in [0, 0.05) is 48.3 Å². The van der Waals surface area contributed by atoms with Crippen LogP contribution >= 0.6 is 11.6 Å². The van der Waals surface area contributed by atoms with Gasteiger partial charge >= 0.3 is 0 Å². The summed E-state index contributed by atoms with van der Waals surface area (Å²) in [5.74, 6) is 2.03. The predicted octanol–water partition coefficient (Wildman–Crippen LogP) is 4.81. The van der Waals surface area contributed by atoms with Crippen LogP contribution in [0.15, 0.2) is 30.6 Å². The molecular weight excluding hydrogens is 462 g/mol. The monoisotopic (exact) mass is 491 g/mol. The predicted molar refractivity (Wildman–Crippen MR) is 140 cm³/mol. The molecule has 10 heteroatoms. The smallest absolute Gasteiger partial charge is 0.230 e. The molecule has 5 heterocycles. The lowest BCUT2D eigenvalue weighted by molar-refractivity contribution is 0.249. The third kappa shape index (κ3) is 4.16. The molecule has 1 N–H and O–H groups in total. The molecule has 1 aliphatic carbocycles. The molecule has 0 bridgehead atoms. The molecule has 182 valence electrons. The lowest BCUT2D eigenvalue weighted by Gasteiger charge is -2.35. The molecule has 0 radical (unpaired) electrons. The van der Waals surface area contributed by atoms with Gasteiger partial charge in [-0.1, -0.05) is 24.4 Å². The maximum absolute atomic E-state index is 6.56. The van der Waals surface area contributed by atoms with Gasteiger partial charge in [0.1, 0.15) is 5.65 Å². The molecule has 9 nitrogen and oxygen atoms in total. The maximum Gasteiger partial charge on any atom is 0.230 e. The second-order valence-corrected chi connectivity index (χ2v) is 10.2. The van der Waals surface area contributed by atoms with Crippen molar-refractivity contribution in [2.45, 2.75) is 50.6 Å². The number of anilines is 3. The minimum absolute atomic E-state index is 0.371. The Morgan fingerprint density at radius 1 is 0.971 bits per heavy atom. The summed E-state index contributed by atoms with van der Waals surface area (Å²) < 4.78 is 2.27. The Balaban J connectivity index is 1.27. The van der Waals surface area contributed by atoms with Crippen molar-refractivity contribution in [1.82, 2.24) is 34.6 Å². The Kier molecular flexibility index (Phi) is 5.89. The summed E-state index contributed by atoms with van der Waals surface area (Å²) in [4.78, 5) is 18.4. The fourth-order valence-corrected chi connectivity index (χ4v) is 5.84. The summed E-state index contributed by atoms with van der Waals surface area (Å²) in [6.07, 6.45) is 10.6. The van der Waals surface area contributed by atoms with Crippen molar-refractivity contribution < 1.29 is 0 Å². The lowest BCUT2D eigenvalue weighted by atomic mass is 10.0. The molecule has 1 aliphatic heterocycles. The number of halogens is 1. The topological polar surface area (TPSA) is 87.9 Å². The van der Waals surface area contributed by atoms with Crippen molar-refractivity contribution >= 4 is 51.1 Å². The van der Waals surface area contributed by atoms with E-state index in [9.17, 15) is 0 Å². The summed E-state index contributed by atoms with van der Waals surface area (Å²) in [5, 5.41) is 14.7. The Hall–Kier alpha value is -3.04. The quantitative estimate of drug-likeness (QED) is 0.398. The van der Waals surface area contributed by atoms with Crippen molar-refractivity contribution in [3.8, 4) is 0 Å². The number of nitrogens with zero attached hydrogens (tertiary/aromatic N) is 8. The van der Waals surface area contributed by atoms with Crippen LogP contribution in [0.3, 0.4) is 0 Å². The summed E-state index contributed by atoms with van der Waals surface area (Å²) in [5.41, 5.74) is 1.83. The highest BCUT2D eigenvalue weighted by molar-refractivity contribution is 6.35. The zero-order valence-electron chi connectivity index (χ0n) is 20.2. The molecule has 6 rings (SSSR count). The average molecular weight is 492 g/mol. The van der Waals surface area contributed by atoms with Gasteiger partial charge in [-0.15, -0.1) is 10.2 Å². The van der Waals surface area contributed by atoms with Gasteiger partial charge in [0.25, 0.3) is 0 Å². The van der Waals surface area contributed by atoms with E-state index in [1.54, 1.807) is 6.20 Å². The van der Waals surface area contributed by atoms with Crippen molar-refractivity contribution in [2.24, 2.45) is 0 Å². The van der Waals surface area contributed by atoms with E-state index in [4.69, 9.17) is 16.6 Å². The SMILES string of the molecule is CN(C)C1CCN(c2ccc(Nc3ncc4c5ccnc(Cl)c5n(C5CCCC5)c4n3)nn2)CC1. The number of piperidine rings is 1. The third-order valence-corrected chi connectivity index (χ3v) is 7.78. The van der Waals surface area contributed by atoms with Gasteiger partial charge < -0.3 is 19.7 Å². The largest absolute Gasteiger partial charge is 0.355 e. The molecule has 1 saturated heterocycles. The first-order valence-corrected chi connectivity index (χ1v) is 12.8. The van der Waals surface area contributed by atoms with Gasteiger partial charge in [0.05, 0.1) is 5.52 Å². The molecule has 2 aliphatic rings. The van der Waals surface area contributed by atoms with E-state index >= 15 is 0 Å². The van der Waals surface area contributed by atoms with Gasteiger partial charge in [-0.3, -0.25) is 0 Å². The minimum atomic E-state index is 0.371. The van der Waals surface area contributed by atoms with E-state index in [1.807, 2.05) is 24.4 Å². The zero-order chi connectivity index (χ0) is 23.9. The lowest BCUT2D eigenvalue weighted by Crippen LogP contribution is -2.42. The van der Waals surface area contributed by atoms with Gasteiger partial charge in [0.2, 0.25) is 5.95 Å². The fourth-order valence-electron chi connectivity index (χ4n) is 5.59. The number of hydrogen-bond acceptors (Lipinski definition) is 8. The van der Waals surface area contributed by atoms with Crippen LogP contribution in [0, 0.1) is 0 Å². The standard InChI is InChI=1S/C25H30ClN9/c1-33(2)16-10-13-34(14-11-16)21-8-7-20(31-32-21)29-25-28-15-19-18-9-12-27-23(26)22(18)35(24(19)30-25)17-5-3-4-6-17/h7-9,12,15-17H,3-6,10-11,13-14H2,1-2H3,(H,28,29,30,31). The van der Waals surface area contributed by atoms with Crippen molar-refractivity contribution in [2.75, 3.05) is 37.4 Å². The molecule has 1 saturated carbocycles. The summed E-state index contributed by atoms with van der Waals surface area (Å²) in [7, 11) is 4.30. The van der Waals surface area contributed by atoms with Gasteiger partial charge in [-0.05, 0) is 58.0 Å². The van der Waals surface area contributed by atoms with E-state index in [0.717, 1.165) is 66.5 Å². The number of nitrogens with one attached hydrogen (secondary N) is 1. The average Bonchev–Trinajstić information content (AvgIpc) is 3.51. The molecule has 0 amide bonds. The van der Waals surface area contributed by atoms with E-state index in [0.29, 0.717) is 29.0 Å². The Morgan fingerprint density at radius 3 is 2.49 bits per heavy atom. The third-order valence-electron chi connectivity index (χ3n) is 7.51. The van der Waals surface area contributed by atoms with Gasteiger partial charge in [-0.25, -0.2) is 9.97 Å². The molecular formula is C25H30ClN9. The Bertz CT molecular complexity index is 1340. The fraction of sp³-hybridized carbons (Fsp3) is 0.480. The Morgan fingerprint density at radius 2 is 1.77 bits per heavy atom. The minimum Gasteiger partial charge on any atom is -0.355 e. The number of fused-ring (bicyclic) bond motifs is 3. The van der Waals surface area contributed by atoms with Crippen LogP contribution in [0.2, 0.25) is 5.15 Å². The zero-order valence-corrected chi connectivity index (χ0v) is 20.9. The van der Waals surface area contributed by atoms with Crippen molar-refractivity contribution in [3.63, 3.8) is 0 Å². The first-order chi connectivity index (χ1) is 17.1. The highest BCUT2D eigenvalue weighted by atomic mass is 35.5. The van der Waals surface area contributed by atoms with Crippen LogP contribution < -0.4 is 10.2 Å². The summed E-state index contributed by atoms with van der Waals surface area (Å²) >= 11 is 6.56. The summed E-state index contributed by atoms with van der Waals surface area (Å²) in [6.45, 7) is 1.99. The van der Waals surface area contributed by atoms with Crippen LogP contribution in [0.25, 0.3) is 21.9 Å². The van der Waals surface area contributed by atoms with Gasteiger partial charge in [0.15, 0.2) is 16.8 Å². The normalized spacial score (nSPS) is 17.8. The van der Waals surface area contributed by atoms with E-state index in [2.05, 4.69) is 53.9 Å². The van der Waals surface area contributed by atoms with Crippen molar-refractivity contribution in [1.29, 1.82) is 0 Å². The molecule has 0 unspecified atom stereocenters. The number of aromatic nitrogens is 6. The molecule has 0 aromatic carbocycles. The van der Waals surface area contributed by atoms with E-state index in [-0.39, 0.29) is 0 Å². The van der Waals surface area contributed by atoms with E-state index in [1.165, 1.54) is 12.8 Å². The van der Waals surface area contributed by atoms with Crippen LogP contribution in [0.4, 0.5) is 17.6 Å². The highest BCUT2D eigenvalue weighted by Crippen LogP contribution is 2.39. The second kappa shape index (κ2) is 9.20. The first kappa shape index (κ1) is 22.4. The second-order valence-electron chi connectivity index (χ2n) is 9.82. The molecule has 4 aromatic rings. The van der Waals surface area contributed by atoms with Gasteiger partial charge in [-0.2, -0.15) is 4.98 Å². The summed E-state index contributed by atoms with van der Waals surface area (Å²) in [6, 6.07) is 6.97. The molecule has 35 heavy (non-hydrogen) atoms. The Labute approximate surface area is 209 Å². The highest BCUT2D eigenvalue weighted by Gasteiger charge is 2.25. The molecule has 4 aromatic heterocycles. The number of rotatable bonds is 5. The maximum atomic E-state index is 6.56. The van der Waals surface area contributed by atoms with Crippen LogP contribution in [0.5, 0.6) is 0 Å². The molecule has 0 spiro atoms. The van der Waals surface area contributed by atoms with E-state index < -0.39 is 0 Å². The van der Waals surface area contributed by atoms with Crippen molar-refractivity contribution in [3.05, 3.63) is 35.7 Å². The number of hydrogen-bond donors (Lipinski definition) is 1. The first-order valence-electron chi connectivity index (χ1n) is 12.4.